The normalized spacial score (nSPS) is 17.3. The number of rotatable bonds is 6. The topological polar surface area (TPSA) is 62.6 Å². The molecule has 1 aliphatic heterocycles. The smallest absolute Gasteiger partial charge is 0.270 e. The number of amides is 1. The molecule has 0 radical (unpaired) electrons. The fourth-order valence-electron chi connectivity index (χ4n) is 4.74. The van der Waals surface area contributed by atoms with Gasteiger partial charge in [0.25, 0.3) is 5.91 Å². The monoisotopic (exact) mass is 519 g/mol. The number of hydrogen-bond donors (Lipinski definition) is 0. The van der Waals surface area contributed by atoms with Gasteiger partial charge in [0.2, 0.25) is 10.0 Å². The Morgan fingerprint density at radius 1 is 1.06 bits per heavy atom. The minimum atomic E-state index is -3.60. The Hall–Kier alpha value is -3.20. The summed E-state index contributed by atoms with van der Waals surface area (Å²) < 4.78 is 29.6. The van der Waals surface area contributed by atoms with E-state index in [0.717, 1.165) is 15.8 Å². The van der Waals surface area contributed by atoms with Crippen LogP contribution in [0.1, 0.15) is 34.1 Å². The second-order valence-corrected chi connectivity index (χ2v) is 11.9. The van der Waals surface area contributed by atoms with Gasteiger partial charge in [0.05, 0.1) is 0 Å². The molecule has 1 unspecified atom stereocenters. The third-order valence-electron chi connectivity index (χ3n) is 6.72. The molecular weight excluding hydrogens is 490 g/mol. The van der Waals surface area contributed by atoms with Crippen LogP contribution in [-0.4, -0.2) is 53.8 Å². The van der Waals surface area contributed by atoms with E-state index in [9.17, 15) is 13.2 Å². The molecule has 0 spiro atoms. The van der Waals surface area contributed by atoms with Crippen LogP contribution < -0.4 is 0 Å². The molecule has 2 aromatic carbocycles. The Morgan fingerprint density at radius 3 is 2.56 bits per heavy atom. The van der Waals surface area contributed by atoms with Crippen LogP contribution in [0, 0.1) is 6.92 Å². The van der Waals surface area contributed by atoms with Crippen molar-refractivity contribution in [2.45, 2.75) is 26.4 Å². The number of nitrogens with zero attached hydrogens (tertiary/aromatic N) is 3. The van der Waals surface area contributed by atoms with Gasteiger partial charge in [-0.1, -0.05) is 54.6 Å². The molecular formula is C28H29N3O3S2. The fourth-order valence-corrected chi connectivity index (χ4v) is 7.03. The number of sulfonamides is 1. The van der Waals surface area contributed by atoms with E-state index < -0.39 is 10.0 Å². The maximum absolute atomic E-state index is 13.7. The van der Waals surface area contributed by atoms with Crippen molar-refractivity contribution in [1.29, 1.82) is 0 Å². The van der Waals surface area contributed by atoms with Crippen molar-refractivity contribution in [1.82, 2.24) is 13.8 Å². The van der Waals surface area contributed by atoms with Crippen LogP contribution in [0.3, 0.4) is 0 Å². The molecule has 0 N–H and O–H groups in total. The number of carbonyl (C=O) groups is 1. The summed E-state index contributed by atoms with van der Waals surface area (Å²) in [7, 11) is -3.60. The molecule has 5 rings (SSSR count). The van der Waals surface area contributed by atoms with Crippen molar-refractivity contribution in [2.24, 2.45) is 0 Å². The zero-order valence-electron chi connectivity index (χ0n) is 20.4. The van der Waals surface area contributed by atoms with E-state index in [1.165, 1.54) is 20.8 Å². The molecule has 3 heterocycles. The number of benzene rings is 2. The molecule has 36 heavy (non-hydrogen) atoms. The molecule has 186 valence electrons. The highest BCUT2D eigenvalue weighted by Crippen LogP contribution is 2.28. The largest absolute Gasteiger partial charge is 0.334 e. The minimum absolute atomic E-state index is 0.0595. The summed E-state index contributed by atoms with van der Waals surface area (Å²) in [6, 6.07) is 21.3. The SMILES string of the molecule is Cc1ccccc1Cn1c(C(=O)N2CCN(S(=O)(=O)/C=C/c3ccccc3)C(C)C2)cc2ccsc21. The molecule has 8 heteroatoms. The molecule has 0 bridgehead atoms. The number of fused-ring (bicyclic) bond motifs is 1. The van der Waals surface area contributed by atoms with Crippen molar-refractivity contribution in [3.8, 4) is 0 Å². The number of carbonyl (C=O) groups excluding carboxylic acids is 1. The Balaban J connectivity index is 1.35. The van der Waals surface area contributed by atoms with Gasteiger partial charge in [-0.25, -0.2) is 8.42 Å². The van der Waals surface area contributed by atoms with Crippen molar-refractivity contribution < 1.29 is 13.2 Å². The zero-order chi connectivity index (χ0) is 25.3. The molecule has 0 saturated carbocycles. The van der Waals surface area contributed by atoms with Gasteiger partial charge in [-0.05, 0) is 54.1 Å². The van der Waals surface area contributed by atoms with E-state index >= 15 is 0 Å². The summed E-state index contributed by atoms with van der Waals surface area (Å²) in [5.41, 5.74) is 3.83. The van der Waals surface area contributed by atoms with Crippen molar-refractivity contribution in [3.05, 3.63) is 99.9 Å². The van der Waals surface area contributed by atoms with E-state index in [1.807, 2.05) is 66.9 Å². The number of thiophene rings is 1. The number of hydrogen-bond acceptors (Lipinski definition) is 4. The minimum Gasteiger partial charge on any atom is -0.334 e. The first-order valence-corrected chi connectivity index (χ1v) is 14.4. The molecule has 4 aromatic rings. The van der Waals surface area contributed by atoms with Gasteiger partial charge in [0, 0.05) is 43.0 Å². The molecule has 0 aliphatic carbocycles. The Labute approximate surface area is 216 Å². The number of aryl methyl sites for hydroxylation is 1. The van der Waals surface area contributed by atoms with Gasteiger partial charge in [-0.2, -0.15) is 4.31 Å². The highest BCUT2D eigenvalue weighted by molar-refractivity contribution is 7.92. The molecule has 1 atom stereocenters. The van der Waals surface area contributed by atoms with E-state index in [4.69, 9.17) is 0 Å². The fraction of sp³-hybridized carbons (Fsp3) is 0.250. The first kappa shape index (κ1) is 24.5. The third kappa shape index (κ3) is 4.89. The predicted octanol–water partition coefficient (Wildman–Crippen LogP) is 5.21. The first-order valence-electron chi connectivity index (χ1n) is 12.0. The maximum atomic E-state index is 13.7. The average molecular weight is 520 g/mol. The van der Waals surface area contributed by atoms with Gasteiger partial charge in [0.1, 0.15) is 10.5 Å². The molecule has 2 aromatic heterocycles. The average Bonchev–Trinajstić information content (AvgIpc) is 3.47. The van der Waals surface area contributed by atoms with Crippen LogP contribution in [0.5, 0.6) is 0 Å². The van der Waals surface area contributed by atoms with Crippen molar-refractivity contribution in [2.75, 3.05) is 19.6 Å². The lowest BCUT2D eigenvalue weighted by Gasteiger charge is -2.38. The summed E-state index contributed by atoms with van der Waals surface area (Å²) in [5.74, 6) is -0.0595. The lowest BCUT2D eigenvalue weighted by Crippen LogP contribution is -2.55. The summed E-state index contributed by atoms with van der Waals surface area (Å²) in [6.07, 6.45) is 1.62. The van der Waals surface area contributed by atoms with Crippen LogP contribution in [0.2, 0.25) is 0 Å². The predicted molar refractivity (Wildman–Crippen MR) is 147 cm³/mol. The number of piperazine rings is 1. The molecule has 1 fully saturated rings. The van der Waals surface area contributed by atoms with Crippen molar-refractivity contribution in [3.63, 3.8) is 0 Å². The summed E-state index contributed by atoms with van der Waals surface area (Å²) >= 11 is 1.63. The van der Waals surface area contributed by atoms with E-state index in [-0.39, 0.29) is 18.5 Å². The van der Waals surface area contributed by atoms with Gasteiger partial charge < -0.3 is 9.47 Å². The molecule has 1 aliphatic rings. The molecule has 1 amide bonds. The third-order valence-corrected chi connectivity index (χ3v) is 9.35. The van der Waals surface area contributed by atoms with E-state index in [0.29, 0.717) is 25.3 Å². The van der Waals surface area contributed by atoms with E-state index in [2.05, 4.69) is 23.6 Å². The Bertz CT molecular complexity index is 1520. The van der Waals surface area contributed by atoms with Gasteiger partial charge in [-0.15, -0.1) is 11.3 Å². The quantitative estimate of drug-likeness (QED) is 0.352. The highest BCUT2D eigenvalue weighted by atomic mass is 32.2. The van der Waals surface area contributed by atoms with Crippen LogP contribution >= 0.6 is 11.3 Å². The summed E-state index contributed by atoms with van der Waals surface area (Å²) in [5, 5.41) is 4.36. The number of aromatic nitrogens is 1. The first-order chi connectivity index (χ1) is 17.3. The summed E-state index contributed by atoms with van der Waals surface area (Å²) in [4.78, 5) is 16.6. The zero-order valence-corrected chi connectivity index (χ0v) is 22.0. The molecule has 6 nitrogen and oxygen atoms in total. The van der Waals surface area contributed by atoms with Crippen LogP contribution in [0.4, 0.5) is 0 Å². The second kappa shape index (κ2) is 10.0. The van der Waals surface area contributed by atoms with Gasteiger partial charge in [0.15, 0.2) is 0 Å². The standard InChI is InChI=1S/C28H29N3O3S2/c1-21-8-6-7-11-25(21)20-30-26(18-24-12-16-35-28(24)30)27(32)29-14-15-31(22(2)19-29)36(33,34)17-13-23-9-4-3-5-10-23/h3-13,16-18,22H,14-15,19-20H2,1-2H3/b17-13+. The van der Waals surface area contributed by atoms with Gasteiger partial charge >= 0.3 is 0 Å². The van der Waals surface area contributed by atoms with Crippen molar-refractivity contribution >= 4 is 43.6 Å². The van der Waals surface area contributed by atoms with Crippen LogP contribution in [0.25, 0.3) is 16.3 Å². The van der Waals surface area contributed by atoms with Crippen LogP contribution in [0.15, 0.2) is 77.5 Å². The molecule has 1 saturated heterocycles. The second-order valence-electron chi connectivity index (χ2n) is 9.19. The van der Waals surface area contributed by atoms with Gasteiger partial charge in [-0.3, -0.25) is 4.79 Å². The Kier molecular flexibility index (Phi) is 6.83. The van der Waals surface area contributed by atoms with Crippen LogP contribution in [-0.2, 0) is 16.6 Å². The summed E-state index contributed by atoms with van der Waals surface area (Å²) in [6.45, 7) is 5.52. The highest BCUT2D eigenvalue weighted by Gasteiger charge is 2.34. The lowest BCUT2D eigenvalue weighted by molar-refractivity contribution is 0.0633. The van der Waals surface area contributed by atoms with E-state index in [1.54, 1.807) is 22.3 Å². The lowest BCUT2D eigenvalue weighted by atomic mass is 10.1. The Morgan fingerprint density at radius 2 is 1.81 bits per heavy atom. The maximum Gasteiger partial charge on any atom is 0.270 e.